The van der Waals surface area contributed by atoms with Crippen LogP contribution < -0.4 is 5.73 Å². The monoisotopic (exact) mass is 352 g/mol. The van der Waals surface area contributed by atoms with Gasteiger partial charge < -0.3 is 10.5 Å². The van der Waals surface area contributed by atoms with Gasteiger partial charge in [-0.1, -0.05) is 49.4 Å². The highest BCUT2D eigenvalue weighted by Gasteiger charge is 2.38. The van der Waals surface area contributed by atoms with Gasteiger partial charge in [0.25, 0.3) is 0 Å². The summed E-state index contributed by atoms with van der Waals surface area (Å²) >= 11 is 0. The molecule has 1 saturated heterocycles. The van der Waals surface area contributed by atoms with E-state index in [1.165, 1.54) is 4.90 Å². The maximum absolute atomic E-state index is 12.9. The molecule has 2 aromatic carbocycles. The van der Waals surface area contributed by atoms with Crippen molar-refractivity contribution < 1.29 is 14.3 Å². The summed E-state index contributed by atoms with van der Waals surface area (Å²) in [5.41, 5.74) is 8.64. The molecule has 0 saturated carbocycles. The lowest BCUT2D eigenvalue weighted by Crippen LogP contribution is -2.40. The predicted molar refractivity (Wildman–Crippen MR) is 101 cm³/mol. The Bertz CT molecular complexity index is 776. The third-order valence-corrected chi connectivity index (χ3v) is 4.84. The van der Waals surface area contributed by atoms with Gasteiger partial charge in [-0.05, 0) is 42.0 Å². The molecular formula is C21H24N2O3. The molecule has 2 atom stereocenters. The molecule has 136 valence electrons. The Morgan fingerprint density at radius 2 is 2.00 bits per heavy atom. The molecule has 3 rings (SSSR count). The highest BCUT2D eigenvalue weighted by Crippen LogP contribution is 2.27. The average Bonchev–Trinajstić information content (AvgIpc) is 3.00. The number of hydrogen-bond donors (Lipinski definition) is 1. The molecule has 26 heavy (non-hydrogen) atoms. The average molecular weight is 352 g/mol. The second-order valence-electron chi connectivity index (χ2n) is 6.66. The smallest absolute Gasteiger partial charge is 0.416 e. The van der Waals surface area contributed by atoms with Crippen LogP contribution >= 0.6 is 0 Å². The molecule has 5 nitrogen and oxygen atoms in total. The number of nitrogens with two attached hydrogens (primary N) is 1. The Balaban J connectivity index is 1.72. The fourth-order valence-electron chi connectivity index (χ4n) is 3.42. The zero-order valence-electron chi connectivity index (χ0n) is 14.9. The number of anilines is 1. The van der Waals surface area contributed by atoms with Crippen LogP contribution in [0.5, 0.6) is 0 Å². The second-order valence-corrected chi connectivity index (χ2v) is 6.66. The summed E-state index contributed by atoms with van der Waals surface area (Å²) in [5, 5.41) is 0. The van der Waals surface area contributed by atoms with E-state index in [0.29, 0.717) is 12.1 Å². The van der Waals surface area contributed by atoms with Crippen LogP contribution in [0.15, 0.2) is 54.6 Å². The number of cyclic esters (lactones) is 1. The molecule has 1 aliphatic heterocycles. The number of amides is 2. The second kappa shape index (κ2) is 8.04. The first kappa shape index (κ1) is 18.0. The number of imide groups is 1. The summed E-state index contributed by atoms with van der Waals surface area (Å²) in [6.45, 7) is 2.28. The van der Waals surface area contributed by atoms with E-state index in [-0.39, 0.29) is 30.9 Å². The van der Waals surface area contributed by atoms with Crippen molar-refractivity contribution >= 4 is 17.7 Å². The third kappa shape index (κ3) is 4.04. The molecule has 0 aliphatic carbocycles. The van der Waals surface area contributed by atoms with Gasteiger partial charge in [-0.15, -0.1) is 0 Å². The lowest BCUT2D eigenvalue weighted by atomic mass is 9.92. The number of ether oxygens (including phenoxy) is 1. The number of nitrogen functional groups attached to an aromatic ring is 1. The first-order chi connectivity index (χ1) is 12.6. The van der Waals surface area contributed by atoms with Crippen molar-refractivity contribution in [3.8, 4) is 0 Å². The third-order valence-electron chi connectivity index (χ3n) is 4.84. The minimum atomic E-state index is -0.543. The van der Waals surface area contributed by atoms with Crippen molar-refractivity contribution in [1.29, 1.82) is 0 Å². The van der Waals surface area contributed by atoms with E-state index < -0.39 is 6.09 Å². The van der Waals surface area contributed by atoms with Crippen LogP contribution in [0.4, 0.5) is 10.5 Å². The number of benzene rings is 2. The number of hydrogen-bond acceptors (Lipinski definition) is 4. The minimum absolute atomic E-state index is 0.0248. The summed E-state index contributed by atoms with van der Waals surface area (Å²) in [6.07, 6.45) is 1.12. The van der Waals surface area contributed by atoms with Gasteiger partial charge in [0.15, 0.2) is 0 Å². The van der Waals surface area contributed by atoms with Crippen molar-refractivity contribution in [2.24, 2.45) is 0 Å². The molecule has 0 spiro atoms. The van der Waals surface area contributed by atoms with Crippen LogP contribution in [0.2, 0.25) is 0 Å². The van der Waals surface area contributed by atoms with Gasteiger partial charge in [0.05, 0.1) is 6.04 Å². The Morgan fingerprint density at radius 1 is 1.23 bits per heavy atom. The van der Waals surface area contributed by atoms with Gasteiger partial charge in [-0.2, -0.15) is 0 Å². The highest BCUT2D eigenvalue weighted by atomic mass is 16.6. The number of rotatable bonds is 6. The molecule has 1 unspecified atom stereocenters. The summed E-state index contributed by atoms with van der Waals surface area (Å²) in [5.74, 6) is -0.167. The fourth-order valence-corrected chi connectivity index (χ4v) is 3.42. The van der Waals surface area contributed by atoms with Gasteiger partial charge in [0, 0.05) is 12.1 Å². The molecule has 1 heterocycles. The van der Waals surface area contributed by atoms with E-state index in [2.05, 4.69) is 0 Å². The van der Waals surface area contributed by atoms with E-state index in [1.54, 1.807) is 0 Å². The Kier molecular flexibility index (Phi) is 5.56. The van der Waals surface area contributed by atoms with E-state index >= 15 is 0 Å². The molecule has 0 bridgehead atoms. The summed E-state index contributed by atoms with van der Waals surface area (Å²) in [4.78, 5) is 26.3. The highest BCUT2D eigenvalue weighted by molar-refractivity contribution is 5.94. The first-order valence-electron chi connectivity index (χ1n) is 8.96. The first-order valence-corrected chi connectivity index (χ1v) is 8.96. The summed E-state index contributed by atoms with van der Waals surface area (Å²) < 4.78 is 5.16. The molecule has 2 aromatic rings. The van der Waals surface area contributed by atoms with Gasteiger partial charge in [-0.3, -0.25) is 4.79 Å². The number of carbonyl (C=O) groups excluding carboxylic acids is 2. The van der Waals surface area contributed by atoms with Crippen LogP contribution in [-0.2, 0) is 16.0 Å². The van der Waals surface area contributed by atoms with Crippen molar-refractivity contribution in [2.75, 3.05) is 12.3 Å². The van der Waals surface area contributed by atoms with Crippen molar-refractivity contribution in [1.82, 2.24) is 4.90 Å². The molecule has 1 fully saturated rings. The summed E-state index contributed by atoms with van der Waals surface area (Å²) in [6, 6.07) is 17.2. The Labute approximate surface area is 153 Å². The van der Waals surface area contributed by atoms with Crippen molar-refractivity contribution in [3.05, 3.63) is 65.7 Å². The normalized spacial score (nSPS) is 17.8. The van der Waals surface area contributed by atoms with Crippen LogP contribution in [0.25, 0.3) is 0 Å². The lowest BCUT2D eigenvalue weighted by molar-refractivity contribution is -0.129. The molecule has 1 aliphatic rings. The van der Waals surface area contributed by atoms with Crippen molar-refractivity contribution in [2.45, 2.75) is 38.1 Å². The van der Waals surface area contributed by atoms with E-state index in [0.717, 1.165) is 17.5 Å². The number of nitrogens with zero attached hydrogens (tertiary/aromatic N) is 1. The summed E-state index contributed by atoms with van der Waals surface area (Å²) in [7, 11) is 0. The Morgan fingerprint density at radius 3 is 2.69 bits per heavy atom. The van der Waals surface area contributed by atoms with Crippen LogP contribution in [0.1, 0.15) is 36.8 Å². The largest absolute Gasteiger partial charge is 0.447 e. The zero-order chi connectivity index (χ0) is 18.5. The van der Waals surface area contributed by atoms with Crippen LogP contribution in [-0.4, -0.2) is 29.5 Å². The quantitative estimate of drug-likeness (QED) is 0.804. The lowest BCUT2D eigenvalue weighted by Gasteiger charge is -2.23. The van der Waals surface area contributed by atoms with E-state index in [1.807, 2.05) is 61.5 Å². The fraction of sp³-hybridized carbons (Fsp3) is 0.333. The van der Waals surface area contributed by atoms with E-state index in [4.69, 9.17) is 10.5 Å². The number of carbonyl (C=O) groups is 2. The molecule has 0 aromatic heterocycles. The van der Waals surface area contributed by atoms with E-state index in [9.17, 15) is 9.59 Å². The Hall–Kier alpha value is -2.82. The molecule has 5 heteroatoms. The minimum Gasteiger partial charge on any atom is -0.447 e. The molecular weight excluding hydrogens is 328 g/mol. The molecule has 0 radical (unpaired) electrons. The van der Waals surface area contributed by atoms with Crippen LogP contribution in [0, 0.1) is 0 Å². The topological polar surface area (TPSA) is 72.6 Å². The van der Waals surface area contributed by atoms with Gasteiger partial charge in [-0.25, -0.2) is 9.69 Å². The maximum atomic E-state index is 12.9. The van der Waals surface area contributed by atoms with Gasteiger partial charge >= 0.3 is 6.09 Å². The molecule has 2 N–H and O–H groups in total. The predicted octanol–water partition coefficient (Wildman–Crippen LogP) is 3.74. The maximum Gasteiger partial charge on any atom is 0.416 e. The SMILES string of the molecule is CCC(CC(=O)N1C(=O)OC[C@@H]1Cc1ccccc1)c1cccc(N)c1. The standard InChI is InChI=1S/C21H24N2O3/c1-2-16(17-9-6-10-18(22)12-17)13-20(24)23-19(14-26-21(23)25)11-15-7-4-3-5-8-15/h3-10,12,16,19H,2,11,13-14,22H2,1H3/t16?,19-/m0/s1. The van der Waals surface area contributed by atoms with Crippen molar-refractivity contribution in [3.63, 3.8) is 0 Å². The van der Waals surface area contributed by atoms with Crippen LogP contribution in [0.3, 0.4) is 0 Å². The van der Waals surface area contributed by atoms with Gasteiger partial charge in [0.1, 0.15) is 6.61 Å². The molecule has 2 amide bonds. The van der Waals surface area contributed by atoms with Gasteiger partial charge in [0.2, 0.25) is 5.91 Å². The zero-order valence-corrected chi connectivity index (χ0v) is 14.9.